The summed E-state index contributed by atoms with van der Waals surface area (Å²) in [7, 11) is 1.96. The maximum Gasteiger partial charge on any atom is 0.0414 e. The fraction of sp³-hybridized carbons (Fsp3) is 0.333. The molecule has 0 aliphatic heterocycles. The van der Waals surface area contributed by atoms with Crippen molar-refractivity contribution in [2.24, 2.45) is 0 Å². The largest absolute Gasteiger partial charge is 0.319 e. The molecule has 0 saturated heterocycles. The number of benzene rings is 1. The lowest BCUT2D eigenvalue weighted by atomic mass is 10.1. The number of halogens is 1. The normalized spacial score (nSPS) is 11.1. The Balaban J connectivity index is 2.62. The molecule has 14 heavy (non-hydrogen) atoms. The number of nitrogens with one attached hydrogen (secondary N) is 1. The third-order valence-corrected chi connectivity index (χ3v) is 2.15. The first-order valence-electron chi connectivity index (χ1n) is 4.80. The quantitative estimate of drug-likeness (QED) is 0.751. The van der Waals surface area contributed by atoms with Crippen LogP contribution in [0.5, 0.6) is 0 Å². The molecule has 0 aromatic heterocycles. The lowest BCUT2D eigenvalue weighted by molar-refractivity contribution is 0.809. The Bertz CT molecular complexity index is 298. The zero-order valence-electron chi connectivity index (χ0n) is 8.68. The summed E-state index contributed by atoms with van der Waals surface area (Å²) in [6, 6.07) is 6.07. The van der Waals surface area contributed by atoms with Crippen molar-refractivity contribution in [2.75, 3.05) is 13.6 Å². The predicted molar refractivity (Wildman–Crippen MR) is 63.8 cm³/mol. The minimum absolute atomic E-state index is 0.804. The number of hydrogen-bond acceptors (Lipinski definition) is 1. The van der Waals surface area contributed by atoms with Crippen LogP contribution in [0.2, 0.25) is 5.02 Å². The van der Waals surface area contributed by atoms with E-state index < -0.39 is 0 Å². The first-order valence-corrected chi connectivity index (χ1v) is 5.18. The third kappa shape index (κ3) is 3.95. The zero-order chi connectivity index (χ0) is 10.4. The van der Waals surface area contributed by atoms with E-state index in [1.165, 1.54) is 11.1 Å². The van der Waals surface area contributed by atoms with E-state index in [2.05, 4.69) is 30.5 Å². The highest BCUT2D eigenvalue weighted by Gasteiger charge is 1.92. The summed E-state index contributed by atoms with van der Waals surface area (Å²) < 4.78 is 0. The van der Waals surface area contributed by atoms with Crippen molar-refractivity contribution in [3.63, 3.8) is 0 Å². The van der Waals surface area contributed by atoms with Gasteiger partial charge in [0.15, 0.2) is 0 Å². The molecule has 0 unspecified atom stereocenters. The molecule has 0 amide bonds. The van der Waals surface area contributed by atoms with Crippen molar-refractivity contribution < 1.29 is 0 Å². The van der Waals surface area contributed by atoms with Crippen LogP contribution >= 0.6 is 11.6 Å². The number of aryl methyl sites for hydroxylation is 1. The molecule has 0 atom stereocenters. The Hall–Kier alpha value is -0.790. The average molecular weight is 210 g/mol. The van der Waals surface area contributed by atoms with E-state index in [-0.39, 0.29) is 0 Å². The molecule has 1 aromatic carbocycles. The highest BCUT2D eigenvalue weighted by Crippen LogP contribution is 2.15. The van der Waals surface area contributed by atoms with Gasteiger partial charge >= 0.3 is 0 Å². The molecular weight excluding hydrogens is 194 g/mol. The zero-order valence-corrected chi connectivity index (χ0v) is 9.43. The number of rotatable bonds is 4. The fourth-order valence-electron chi connectivity index (χ4n) is 1.31. The number of hydrogen-bond donors (Lipinski definition) is 1. The van der Waals surface area contributed by atoms with Crippen LogP contribution < -0.4 is 5.32 Å². The van der Waals surface area contributed by atoms with Gasteiger partial charge in [0.1, 0.15) is 0 Å². The summed E-state index contributed by atoms with van der Waals surface area (Å²) in [6.45, 7) is 3.06. The SMILES string of the molecule is CNCCC=Cc1cc(C)cc(Cl)c1. The van der Waals surface area contributed by atoms with Gasteiger partial charge in [-0.05, 0) is 50.2 Å². The lowest BCUT2D eigenvalue weighted by Gasteiger charge is -1.98. The molecule has 0 aliphatic rings. The minimum Gasteiger partial charge on any atom is -0.319 e. The minimum atomic E-state index is 0.804. The Kier molecular flexibility index (Phi) is 4.71. The van der Waals surface area contributed by atoms with Crippen molar-refractivity contribution >= 4 is 17.7 Å². The van der Waals surface area contributed by atoms with E-state index in [0.717, 1.165) is 18.0 Å². The molecule has 1 rings (SSSR count). The summed E-state index contributed by atoms with van der Waals surface area (Å²) in [6.07, 6.45) is 5.31. The standard InChI is InChI=1S/C12H16ClN/c1-10-7-11(9-12(13)8-10)5-3-4-6-14-2/h3,5,7-9,14H,4,6H2,1-2H3. The smallest absolute Gasteiger partial charge is 0.0414 e. The van der Waals surface area contributed by atoms with Crippen LogP contribution in [0.1, 0.15) is 17.5 Å². The van der Waals surface area contributed by atoms with Crippen LogP contribution in [0.25, 0.3) is 6.08 Å². The molecule has 0 spiro atoms. The van der Waals surface area contributed by atoms with E-state index in [4.69, 9.17) is 11.6 Å². The van der Waals surface area contributed by atoms with E-state index in [1.807, 2.05) is 19.2 Å². The molecule has 0 saturated carbocycles. The summed E-state index contributed by atoms with van der Waals surface area (Å²) >= 11 is 5.94. The molecule has 0 aliphatic carbocycles. The van der Waals surface area contributed by atoms with Gasteiger partial charge in [0, 0.05) is 5.02 Å². The van der Waals surface area contributed by atoms with Crippen LogP contribution in [0.4, 0.5) is 0 Å². The molecule has 2 heteroatoms. The van der Waals surface area contributed by atoms with Crippen LogP contribution in [0.3, 0.4) is 0 Å². The maximum absolute atomic E-state index is 5.94. The van der Waals surface area contributed by atoms with Gasteiger partial charge in [-0.25, -0.2) is 0 Å². The predicted octanol–water partition coefficient (Wildman–Crippen LogP) is 3.27. The van der Waals surface area contributed by atoms with Gasteiger partial charge in [-0.15, -0.1) is 0 Å². The van der Waals surface area contributed by atoms with Crippen LogP contribution in [0, 0.1) is 6.92 Å². The van der Waals surface area contributed by atoms with Crippen molar-refractivity contribution in [1.29, 1.82) is 0 Å². The highest BCUT2D eigenvalue weighted by atomic mass is 35.5. The van der Waals surface area contributed by atoms with Crippen LogP contribution in [-0.2, 0) is 0 Å². The highest BCUT2D eigenvalue weighted by molar-refractivity contribution is 6.30. The molecule has 0 bridgehead atoms. The second-order valence-corrected chi connectivity index (χ2v) is 3.79. The molecule has 0 fully saturated rings. The molecule has 1 aromatic rings. The molecule has 76 valence electrons. The van der Waals surface area contributed by atoms with Gasteiger partial charge in [0.05, 0.1) is 0 Å². The molecule has 1 nitrogen and oxygen atoms in total. The monoisotopic (exact) mass is 209 g/mol. The van der Waals surface area contributed by atoms with E-state index in [0.29, 0.717) is 0 Å². The third-order valence-electron chi connectivity index (χ3n) is 1.94. The van der Waals surface area contributed by atoms with Crippen molar-refractivity contribution in [3.8, 4) is 0 Å². The van der Waals surface area contributed by atoms with Crippen LogP contribution in [-0.4, -0.2) is 13.6 Å². The first kappa shape index (κ1) is 11.3. The topological polar surface area (TPSA) is 12.0 Å². The van der Waals surface area contributed by atoms with Gasteiger partial charge in [0.2, 0.25) is 0 Å². The lowest BCUT2D eigenvalue weighted by Crippen LogP contribution is -2.05. The Morgan fingerprint density at radius 3 is 2.79 bits per heavy atom. The van der Waals surface area contributed by atoms with Gasteiger partial charge < -0.3 is 5.32 Å². The molecule has 0 heterocycles. The summed E-state index contributed by atoms with van der Waals surface area (Å²) in [4.78, 5) is 0. The van der Waals surface area contributed by atoms with Gasteiger partial charge in [-0.3, -0.25) is 0 Å². The maximum atomic E-state index is 5.94. The van der Waals surface area contributed by atoms with Crippen molar-refractivity contribution in [2.45, 2.75) is 13.3 Å². The Morgan fingerprint density at radius 1 is 1.36 bits per heavy atom. The van der Waals surface area contributed by atoms with E-state index in [9.17, 15) is 0 Å². The van der Waals surface area contributed by atoms with E-state index in [1.54, 1.807) is 0 Å². The summed E-state index contributed by atoms with van der Waals surface area (Å²) in [5.74, 6) is 0. The molecule has 0 radical (unpaired) electrons. The second kappa shape index (κ2) is 5.84. The fourth-order valence-corrected chi connectivity index (χ4v) is 1.61. The Morgan fingerprint density at radius 2 is 2.14 bits per heavy atom. The molecular formula is C12H16ClN. The average Bonchev–Trinajstić information content (AvgIpc) is 2.11. The Labute approximate surface area is 90.8 Å². The summed E-state index contributed by atoms with van der Waals surface area (Å²) in [5.41, 5.74) is 2.37. The van der Waals surface area contributed by atoms with E-state index >= 15 is 0 Å². The second-order valence-electron chi connectivity index (χ2n) is 3.36. The van der Waals surface area contributed by atoms with Gasteiger partial charge in [-0.1, -0.05) is 29.8 Å². The first-order chi connectivity index (χ1) is 6.72. The molecule has 1 N–H and O–H groups in total. The summed E-state index contributed by atoms with van der Waals surface area (Å²) in [5, 5.41) is 3.90. The van der Waals surface area contributed by atoms with Crippen molar-refractivity contribution in [3.05, 3.63) is 40.4 Å². The van der Waals surface area contributed by atoms with Gasteiger partial charge in [-0.2, -0.15) is 0 Å². The van der Waals surface area contributed by atoms with Gasteiger partial charge in [0.25, 0.3) is 0 Å². The van der Waals surface area contributed by atoms with Crippen LogP contribution in [0.15, 0.2) is 24.3 Å². The van der Waals surface area contributed by atoms with Crippen molar-refractivity contribution in [1.82, 2.24) is 5.32 Å².